The van der Waals surface area contributed by atoms with Gasteiger partial charge in [0.1, 0.15) is 5.82 Å². The van der Waals surface area contributed by atoms with Crippen molar-refractivity contribution in [3.05, 3.63) is 106 Å². The highest BCUT2D eigenvalue weighted by molar-refractivity contribution is 6.22. The topological polar surface area (TPSA) is 149 Å². The number of fused-ring (bicyclic) bond motifs is 1. The molecule has 5 aromatic rings. The monoisotopic (exact) mass is 508 g/mol. The Balaban J connectivity index is 1.62. The van der Waals surface area contributed by atoms with Crippen molar-refractivity contribution in [2.24, 2.45) is 4.99 Å². The molecular formula is C28H24N6O4. The van der Waals surface area contributed by atoms with E-state index in [1.165, 1.54) is 19.1 Å². The van der Waals surface area contributed by atoms with Crippen molar-refractivity contribution in [2.45, 2.75) is 20.4 Å². The van der Waals surface area contributed by atoms with Crippen molar-refractivity contribution < 1.29 is 14.8 Å². The van der Waals surface area contributed by atoms with Gasteiger partial charge in [0.05, 0.1) is 33.8 Å². The summed E-state index contributed by atoms with van der Waals surface area (Å²) in [6.07, 6.45) is 1.76. The number of aromatic hydroxyl groups is 1. The van der Waals surface area contributed by atoms with E-state index in [-0.39, 0.29) is 17.5 Å². The summed E-state index contributed by atoms with van der Waals surface area (Å²) < 4.78 is 0. The van der Waals surface area contributed by atoms with E-state index < -0.39 is 4.92 Å². The van der Waals surface area contributed by atoms with Gasteiger partial charge >= 0.3 is 0 Å². The quantitative estimate of drug-likeness (QED) is 0.134. The second kappa shape index (κ2) is 10.0. The lowest BCUT2D eigenvalue weighted by molar-refractivity contribution is -0.384. The molecule has 1 amide bonds. The molecule has 0 atom stereocenters. The molecule has 10 heteroatoms. The summed E-state index contributed by atoms with van der Waals surface area (Å²) in [6, 6.07) is 19.3. The third kappa shape index (κ3) is 5.00. The zero-order chi connectivity index (χ0) is 26.8. The van der Waals surface area contributed by atoms with Gasteiger partial charge in [-0.2, -0.15) is 0 Å². The molecule has 5 rings (SSSR count). The van der Waals surface area contributed by atoms with E-state index in [9.17, 15) is 20.0 Å². The number of nitro groups is 1. The molecule has 4 N–H and O–H groups in total. The molecule has 0 saturated carbocycles. The number of benzene rings is 3. The van der Waals surface area contributed by atoms with Crippen LogP contribution in [-0.4, -0.2) is 36.6 Å². The van der Waals surface area contributed by atoms with Crippen LogP contribution in [0.4, 0.5) is 11.4 Å². The summed E-state index contributed by atoms with van der Waals surface area (Å²) in [6.45, 7) is 3.71. The maximum absolute atomic E-state index is 11.5. The number of non-ortho nitro benzene ring substituents is 1. The number of aromatic nitrogens is 3. The number of rotatable bonds is 7. The van der Waals surface area contributed by atoms with Crippen molar-refractivity contribution >= 4 is 33.9 Å². The largest absolute Gasteiger partial charge is 0.494 e. The number of H-pyrrole nitrogens is 2. The lowest BCUT2D eigenvalue weighted by atomic mass is 9.99. The van der Waals surface area contributed by atoms with Crippen LogP contribution in [-0.2, 0) is 11.3 Å². The Morgan fingerprint density at radius 2 is 1.82 bits per heavy atom. The van der Waals surface area contributed by atoms with Crippen LogP contribution in [0.3, 0.4) is 0 Å². The normalized spacial score (nSPS) is 11.6. The molecule has 0 saturated heterocycles. The minimum absolute atomic E-state index is 0.0954. The third-order valence-corrected chi connectivity index (χ3v) is 6.10. The predicted molar refractivity (Wildman–Crippen MR) is 145 cm³/mol. The number of aromatic amines is 2. The Bertz CT molecular complexity index is 1680. The first-order valence-corrected chi connectivity index (χ1v) is 11.8. The molecule has 0 aliphatic rings. The minimum atomic E-state index is -0.475. The Morgan fingerprint density at radius 1 is 1.08 bits per heavy atom. The molecule has 0 aliphatic heterocycles. The number of aryl methyl sites for hydroxylation is 1. The van der Waals surface area contributed by atoms with Crippen molar-refractivity contribution in [1.82, 2.24) is 20.3 Å². The molecule has 0 unspecified atom stereocenters. The predicted octanol–water partition coefficient (Wildman–Crippen LogP) is 5.29. The van der Waals surface area contributed by atoms with Crippen molar-refractivity contribution in [3.63, 3.8) is 0 Å². The molecular weight excluding hydrogens is 484 g/mol. The zero-order valence-electron chi connectivity index (χ0n) is 20.6. The highest BCUT2D eigenvalue weighted by Gasteiger charge is 2.21. The first-order chi connectivity index (χ1) is 18.3. The number of carbonyl (C=O) groups is 1. The van der Waals surface area contributed by atoms with Gasteiger partial charge < -0.3 is 20.4 Å². The molecule has 0 spiro atoms. The van der Waals surface area contributed by atoms with Crippen LogP contribution in [0.5, 0.6) is 5.88 Å². The molecule has 0 bridgehead atoms. The molecule has 2 aromatic heterocycles. The fourth-order valence-corrected chi connectivity index (χ4v) is 4.20. The molecule has 0 fully saturated rings. The number of hydrogen-bond acceptors (Lipinski definition) is 6. The number of nitrogens with zero attached hydrogens (tertiary/aromatic N) is 3. The van der Waals surface area contributed by atoms with Gasteiger partial charge in [-0.05, 0) is 36.2 Å². The summed E-state index contributed by atoms with van der Waals surface area (Å²) >= 11 is 0. The first-order valence-electron chi connectivity index (χ1n) is 11.8. The van der Waals surface area contributed by atoms with Crippen molar-refractivity contribution in [1.29, 1.82) is 0 Å². The Labute approximate surface area is 217 Å². The summed E-state index contributed by atoms with van der Waals surface area (Å²) in [5.41, 5.74) is 5.27. The number of amides is 1. The van der Waals surface area contributed by atoms with E-state index in [1.54, 1.807) is 12.3 Å². The van der Waals surface area contributed by atoms with Gasteiger partial charge in [0.25, 0.3) is 5.69 Å². The molecule has 2 heterocycles. The molecule has 0 radical (unpaired) electrons. The van der Waals surface area contributed by atoms with Crippen LogP contribution >= 0.6 is 0 Å². The van der Waals surface area contributed by atoms with Crippen LogP contribution in [0.1, 0.15) is 29.4 Å². The van der Waals surface area contributed by atoms with Gasteiger partial charge in [0.15, 0.2) is 5.88 Å². The fraction of sp³-hybridized carbons (Fsp3) is 0.107. The van der Waals surface area contributed by atoms with Crippen LogP contribution in [0.15, 0.2) is 77.9 Å². The maximum Gasteiger partial charge on any atom is 0.270 e. The standard InChI is InChI=1S/C28H24N6O4/c1-16-29-15-25(31-16)19-7-9-21(10-8-19)32-27(20-5-3-18(4-6-20)14-30-17(2)35)26-23-13-22(34(37)38)11-12-24(23)33-28(26)36/h3-13,15,33,36H,14H2,1-2H3,(H,29,31)(H,30,35). The summed E-state index contributed by atoms with van der Waals surface area (Å²) in [5.74, 6) is 0.539. The number of imidazole rings is 1. The van der Waals surface area contributed by atoms with Crippen LogP contribution in [0.2, 0.25) is 0 Å². The lowest BCUT2D eigenvalue weighted by Crippen LogP contribution is -2.18. The SMILES string of the molecule is CC(=O)NCc1ccc(C(=Nc2ccc(-c3cnc(C)[nH]3)cc2)c2c(O)[nH]c3ccc([N+](=O)[O-])cc23)cc1. The summed E-state index contributed by atoms with van der Waals surface area (Å²) in [4.78, 5) is 37.5. The number of nitro benzene ring substituents is 1. The average Bonchev–Trinajstić information content (AvgIpc) is 3.48. The van der Waals surface area contributed by atoms with Crippen LogP contribution in [0.25, 0.3) is 22.2 Å². The fourth-order valence-electron chi connectivity index (χ4n) is 4.20. The number of hydrogen-bond donors (Lipinski definition) is 4. The second-order valence-electron chi connectivity index (χ2n) is 8.83. The number of nitrogens with one attached hydrogen (secondary N) is 3. The Hall–Kier alpha value is -5.25. The van der Waals surface area contributed by atoms with Crippen LogP contribution < -0.4 is 5.32 Å². The molecule has 38 heavy (non-hydrogen) atoms. The van der Waals surface area contributed by atoms with Gasteiger partial charge in [-0.3, -0.25) is 14.9 Å². The van der Waals surface area contributed by atoms with Gasteiger partial charge in [0.2, 0.25) is 5.91 Å². The molecule has 0 aliphatic carbocycles. The van der Waals surface area contributed by atoms with E-state index in [0.29, 0.717) is 40.0 Å². The van der Waals surface area contributed by atoms with Gasteiger partial charge in [0, 0.05) is 42.1 Å². The van der Waals surface area contributed by atoms with Gasteiger partial charge in [-0.1, -0.05) is 36.4 Å². The number of carbonyl (C=O) groups excluding carboxylic acids is 1. The van der Waals surface area contributed by atoms with E-state index in [2.05, 4.69) is 20.3 Å². The smallest absolute Gasteiger partial charge is 0.270 e. The summed E-state index contributed by atoms with van der Waals surface area (Å²) in [5, 5.41) is 25.6. The van der Waals surface area contributed by atoms with E-state index in [4.69, 9.17) is 4.99 Å². The zero-order valence-corrected chi connectivity index (χ0v) is 20.6. The van der Waals surface area contributed by atoms with E-state index in [1.807, 2.05) is 55.5 Å². The van der Waals surface area contributed by atoms with Crippen molar-refractivity contribution in [2.75, 3.05) is 0 Å². The number of aliphatic imine (C=N–C) groups is 1. The van der Waals surface area contributed by atoms with Crippen molar-refractivity contribution in [3.8, 4) is 17.1 Å². The van der Waals surface area contributed by atoms with Gasteiger partial charge in [-0.15, -0.1) is 0 Å². The maximum atomic E-state index is 11.5. The third-order valence-electron chi connectivity index (χ3n) is 6.10. The minimum Gasteiger partial charge on any atom is -0.494 e. The highest BCUT2D eigenvalue weighted by atomic mass is 16.6. The Kier molecular flexibility index (Phi) is 6.44. The molecule has 3 aromatic carbocycles. The van der Waals surface area contributed by atoms with E-state index >= 15 is 0 Å². The van der Waals surface area contributed by atoms with Crippen LogP contribution in [0, 0.1) is 17.0 Å². The molecule has 190 valence electrons. The molecule has 10 nitrogen and oxygen atoms in total. The average molecular weight is 509 g/mol. The van der Waals surface area contributed by atoms with Gasteiger partial charge in [-0.25, -0.2) is 9.98 Å². The lowest BCUT2D eigenvalue weighted by Gasteiger charge is -2.10. The Morgan fingerprint density at radius 3 is 2.45 bits per heavy atom. The second-order valence-corrected chi connectivity index (χ2v) is 8.83. The summed E-state index contributed by atoms with van der Waals surface area (Å²) in [7, 11) is 0. The van der Waals surface area contributed by atoms with E-state index in [0.717, 1.165) is 22.6 Å². The first kappa shape index (κ1) is 24.4. The highest BCUT2D eigenvalue weighted by Crippen LogP contribution is 2.34.